The van der Waals surface area contributed by atoms with Gasteiger partial charge < -0.3 is 20.1 Å². The average molecular weight is 477 g/mol. The van der Waals surface area contributed by atoms with Crippen molar-refractivity contribution in [3.63, 3.8) is 0 Å². The molecule has 35 heavy (non-hydrogen) atoms. The monoisotopic (exact) mass is 476 g/mol. The highest BCUT2D eigenvalue weighted by molar-refractivity contribution is 6.14. The Morgan fingerprint density at radius 1 is 1.09 bits per heavy atom. The summed E-state index contributed by atoms with van der Waals surface area (Å²) >= 11 is 0. The Labute approximate surface area is 206 Å². The van der Waals surface area contributed by atoms with Crippen LogP contribution in [0, 0.1) is 17.8 Å². The van der Waals surface area contributed by atoms with E-state index in [0.29, 0.717) is 11.5 Å². The number of aryl methyl sites for hydroxylation is 1. The molecular weight excluding hydrogens is 444 g/mol. The first kappa shape index (κ1) is 26.1. The predicted molar refractivity (Wildman–Crippen MR) is 133 cm³/mol. The fourth-order valence-corrected chi connectivity index (χ4v) is 4.04. The minimum atomic E-state index is -1.82. The number of nitrogens with zero attached hydrogens (tertiary/aromatic N) is 1. The van der Waals surface area contributed by atoms with Crippen LogP contribution in [0.25, 0.3) is 0 Å². The van der Waals surface area contributed by atoms with Gasteiger partial charge >= 0.3 is 0 Å². The molecule has 2 atom stereocenters. The van der Waals surface area contributed by atoms with Crippen LogP contribution >= 0.6 is 0 Å². The van der Waals surface area contributed by atoms with Gasteiger partial charge in [-0.1, -0.05) is 24.0 Å². The molecule has 1 aliphatic heterocycles. The van der Waals surface area contributed by atoms with E-state index in [1.165, 1.54) is 26.6 Å². The maximum Gasteiger partial charge on any atom is 0.254 e. The van der Waals surface area contributed by atoms with Gasteiger partial charge in [0.2, 0.25) is 0 Å². The summed E-state index contributed by atoms with van der Waals surface area (Å²) in [6.07, 6.45) is 3.33. The van der Waals surface area contributed by atoms with Crippen LogP contribution in [0.4, 0.5) is 0 Å². The molecule has 2 amide bonds. The molecule has 7 heteroatoms. The van der Waals surface area contributed by atoms with Gasteiger partial charge in [-0.3, -0.25) is 14.4 Å². The van der Waals surface area contributed by atoms with Crippen LogP contribution in [0.2, 0.25) is 0 Å². The number of aliphatic hydroxyl groups is 1. The lowest BCUT2D eigenvalue weighted by Crippen LogP contribution is -2.62. The molecular formula is C28H32N2O5. The lowest BCUT2D eigenvalue weighted by molar-refractivity contribution is -0.143. The zero-order valence-electron chi connectivity index (χ0n) is 20.5. The number of hydrogen-bond donors (Lipinski definition) is 2. The van der Waals surface area contributed by atoms with Crippen molar-refractivity contribution >= 4 is 17.6 Å². The van der Waals surface area contributed by atoms with Gasteiger partial charge in [0.1, 0.15) is 6.61 Å². The normalized spacial score (nSPS) is 16.5. The van der Waals surface area contributed by atoms with Crippen LogP contribution in [-0.2, 0) is 20.7 Å². The van der Waals surface area contributed by atoms with Crippen molar-refractivity contribution in [3.8, 4) is 11.8 Å². The number of ether oxygens (including phenoxy) is 1. The number of aliphatic hydroxyl groups excluding tert-OH is 1. The van der Waals surface area contributed by atoms with Gasteiger partial charge in [-0.25, -0.2) is 0 Å². The molecule has 0 spiro atoms. The standard InChI is InChI=1S/C28H32N2O5/c1-28(25(32)18-31,27(34)29-2)30(3)26(33)24-14-12-22(13-15-24)9-8-20-4-6-21(7-5-20)10-11-23-16-17-35-19-23/h4-7,12-15,23,31H,10-11,16-19H2,1-3H3,(H,29,34)/t23?,28-/m1/s1. The van der Waals surface area contributed by atoms with Crippen LogP contribution in [0.3, 0.4) is 0 Å². The summed E-state index contributed by atoms with van der Waals surface area (Å²) < 4.78 is 5.44. The zero-order valence-corrected chi connectivity index (χ0v) is 20.5. The molecule has 1 aliphatic rings. The number of carbonyl (C=O) groups excluding carboxylic acids is 3. The number of carbonyl (C=O) groups is 3. The number of benzene rings is 2. The Balaban J connectivity index is 1.65. The molecule has 0 bridgehead atoms. The Morgan fingerprint density at radius 3 is 2.20 bits per heavy atom. The summed E-state index contributed by atoms with van der Waals surface area (Å²) in [7, 11) is 2.74. The van der Waals surface area contributed by atoms with Gasteiger partial charge in [0, 0.05) is 44.0 Å². The molecule has 0 radical (unpaired) electrons. The summed E-state index contributed by atoms with van der Waals surface area (Å²) in [5.41, 5.74) is 1.40. The Hall–Kier alpha value is -3.47. The number of rotatable bonds is 8. The molecule has 2 N–H and O–H groups in total. The minimum absolute atomic E-state index is 0.302. The number of amides is 2. The van der Waals surface area contributed by atoms with Crippen molar-refractivity contribution in [2.75, 3.05) is 33.9 Å². The molecule has 0 saturated carbocycles. The van der Waals surface area contributed by atoms with Crippen LogP contribution in [0.5, 0.6) is 0 Å². The molecule has 1 saturated heterocycles. The molecule has 1 fully saturated rings. The third kappa shape index (κ3) is 6.16. The first-order chi connectivity index (χ1) is 16.8. The number of nitrogens with one attached hydrogen (secondary N) is 1. The molecule has 2 aromatic carbocycles. The van der Waals surface area contributed by atoms with Gasteiger partial charge in [-0.05, 0) is 74.1 Å². The molecule has 0 aliphatic carbocycles. The Morgan fingerprint density at radius 2 is 1.69 bits per heavy atom. The van der Waals surface area contributed by atoms with E-state index < -0.39 is 29.7 Å². The minimum Gasteiger partial charge on any atom is -0.388 e. The second kappa shape index (κ2) is 11.8. The van der Waals surface area contributed by atoms with Crippen LogP contribution in [0.15, 0.2) is 48.5 Å². The lowest BCUT2D eigenvalue weighted by Gasteiger charge is -2.35. The average Bonchev–Trinajstić information content (AvgIpc) is 3.43. The van der Waals surface area contributed by atoms with Crippen molar-refractivity contribution < 1.29 is 24.2 Å². The van der Waals surface area contributed by atoms with Gasteiger partial charge in [-0.15, -0.1) is 0 Å². The van der Waals surface area contributed by atoms with Crippen LogP contribution in [0.1, 0.15) is 46.8 Å². The molecule has 2 aromatic rings. The fourth-order valence-electron chi connectivity index (χ4n) is 4.04. The van der Waals surface area contributed by atoms with Crippen molar-refractivity contribution in [2.24, 2.45) is 5.92 Å². The highest BCUT2D eigenvalue weighted by Crippen LogP contribution is 2.20. The number of hydrogen-bond acceptors (Lipinski definition) is 5. The van der Waals surface area contributed by atoms with Crippen molar-refractivity contribution in [2.45, 2.75) is 31.7 Å². The van der Waals surface area contributed by atoms with E-state index in [9.17, 15) is 19.5 Å². The molecule has 3 rings (SSSR count). The Bertz CT molecular complexity index is 1090. The molecule has 1 unspecified atom stereocenters. The third-order valence-electron chi connectivity index (χ3n) is 6.63. The van der Waals surface area contributed by atoms with E-state index in [0.717, 1.165) is 48.5 Å². The number of ketones is 1. The topological polar surface area (TPSA) is 95.9 Å². The van der Waals surface area contributed by atoms with E-state index in [-0.39, 0.29) is 0 Å². The summed E-state index contributed by atoms with van der Waals surface area (Å²) in [4.78, 5) is 38.6. The van der Waals surface area contributed by atoms with E-state index in [1.54, 1.807) is 24.3 Å². The second-order valence-corrected chi connectivity index (χ2v) is 8.89. The summed E-state index contributed by atoms with van der Waals surface area (Å²) in [5.74, 6) is 4.94. The van der Waals surface area contributed by atoms with Crippen molar-refractivity contribution in [3.05, 3.63) is 70.8 Å². The molecule has 184 valence electrons. The van der Waals surface area contributed by atoms with Crippen LogP contribution < -0.4 is 5.32 Å². The molecule has 0 aromatic heterocycles. The molecule has 1 heterocycles. The number of likely N-dealkylation sites (N-methyl/N-ethyl adjacent to an activating group) is 2. The summed E-state index contributed by atoms with van der Waals surface area (Å²) in [5, 5.41) is 11.7. The van der Waals surface area contributed by atoms with E-state index in [2.05, 4.69) is 29.3 Å². The van der Waals surface area contributed by atoms with Crippen molar-refractivity contribution in [1.29, 1.82) is 0 Å². The van der Waals surface area contributed by atoms with Gasteiger partial charge in [-0.2, -0.15) is 0 Å². The largest absolute Gasteiger partial charge is 0.388 e. The van der Waals surface area contributed by atoms with Gasteiger partial charge in [0.05, 0.1) is 0 Å². The lowest BCUT2D eigenvalue weighted by atomic mass is 9.92. The predicted octanol–water partition coefficient (Wildman–Crippen LogP) is 2.19. The van der Waals surface area contributed by atoms with E-state index in [4.69, 9.17) is 4.74 Å². The fraction of sp³-hybridized carbons (Fsp3) is 0.393. The highest BCUT2D eigenvalue weighted by atomic mass is 16.5. The highest BCUT2D eigenvalue weighted by Gasteiger charge is 2.46. The van der Waals surface area contributed by atoms with Crippen LogP contribution in [-0.4, -0.2) is 67.1 Å². The van der Waals surface area contributed by atoms with E-state index >= 15 is 0 Å². The van der Waals surface area contributed by atoms with E-state index in [1.807, 2.05) is 12.1 Å². The number of Topliss-reactive ketones (excluding diaryl/α,β-unsaturated/α-hetero) is 1. The van der Waals surface area contributed by atoms with Gasteiger partial charge in [0.15, 0.2) is 11.3 Å². The quantitative estimate of drug-likeness (QED) is 0.450. The zero-order chi connectivity index (χ0) is 25.4. The maximum absolute atomic E-state index is 13.0. The van der Waals surface area contributed by atoms with Gasteiger partial charge in [0.25, 0.3) is 11.8 Å². The Kier molecular flexibility index (Phi) is 8.80. The summed E-state index contributed by atoms with van der Waals surface area (Å²) in [6.45, 7) is 2.21. The maximum atomic E-state index is 13.0. The summed E-state index contributed by atoms with van der Waals surface area (Å²) in [6, 6.07) is 14.9. The second-order valence-electron chi connectivity index (χ2n) is 8.89. The smallest absolute Gasteiger partial charge is 0.254 e. The first-order valence-corrected chi connectivity index (χ1v) is 11.7. The SMILES string of the molecule is CNC(=O)[C@@](C)(C(=O)CO)N(C)C(=O)c1ccc(C#Cc2ccc(CCC3CCOC3)cc2)cc1. The molecule has 7 nitrogen and oxygen atoms in total. The third-order valence-corrected chi connectivity index (χ3v) is 6.63. The van der Waals surface area contributed by atoms with Crippen molar-refractivity contribution in [1.82, 2.24) is 10.2 Å². The first-order valence-electron chi connectivity index (χ1n) is 11.7.